The molecule has 2 saturated carbocycles. The first kappa shape index (κ1) is 20.9. The molecule has 0 radical (unpaired) electrons. The van der Waals surface area contributed by atoms with Crippen LogP contribution in [0.5, 0.6) is 0 Å². The molecule has 3 atom stereocenters. The lowest BCUT2D eigenvalue weighted by atomic mass is 9.47. The largest absolute Gasteiger partial charge is 0.365 e. The van der Waals surface area contributed by atoms with Crippen molar-refractivity contribution in [3.63, 3.8) is 0 Å². The zero-order chi connectivity index (χ0) is 21.1. The Hall–Kier alpha value is -1.01. The maximum Gasteiger partial charge on any atom is 0.0843 e. The van der Waals surface area contributed by atoms with E-state index < -0.39 is 0 Å². The summed E-state index contributed by atoms with van der Waals surface area (Å²) in [5.41, 5.74) is 8.39. The van der Waals surface area contributed by atoms with E-state index in [0.29, 0.717) is 12.1 Å². The first-order chi connectivity index (χ1) is 14.3. The summed E-state index contributed by atoms with van der Waals surface area (Å²) in [5, 5.41) is 2.36. The first-order valence-corrected chi connectivity index (χ1v) is 12.2. The van der Waals surface area contributed by atoms with Crippen LogP contribution in [0.4, 0.5) is 0 Å². The van der Waals surface area contributed by atoms with Crippen LogP contribution in [0, 0.1) is 10.8 Å². The number of hydrogen-bond donors (Lipinski definition) is 1. The van der Waals surface area contributed by atoms with Gasteiger partial charge in [0.2, 0.25) is 0 Å². The Morgan fingerprint density at radius 2 is 1.80 bits per heavy atom. The number of thiocarbonyl (C=S) groups is 1. The van der Waals surface area contributed by atoms with E-state index in [2.05, 4.69) is 61.1 Å². The molecule has 164 valence electrons. The SMILES string of the molecule is CCON1C2CC3(C(=S)N4CC[C@H](N)C(C)(C)C4)CC1CC(c1ccccc1)(C2)C3. The summed E-state index contributed by atoms with van der Waals surface area (Å²) in [7, 11) is 0. The van der Waals surface area contributed by atoms with E-state index in [4.69, 9.17) is 22.8 Å². The second-order valence-electron chi connectivity index (χ2n) is 11.1. The highest BCUT2D eigenvalue weighted by atomic mass is 32.1. The number of likely N-dealkylation sites (tertiary alicyclic amines) is 1. The van der Waals surface area contributed by atoms with Crippen molar-refractivity contribution in [2.24, 2.45) is 16.6 Å². The minimum absolute atomic E-state index is 0.110. The molecule has 4 bridgehead atoms. The first-order valence-electron chi connectivity index (χ1n) is 11.8. The number of nitrogens with zero attached hydrogens (tertiary/aromatic N) is 2. The topological polar surface area (TPSA) is 41.7 Å². The third-order valence-corrected chi connectivity index (χ3v) is 9.31. The zero-order valence-corrected chi connectivity index (χ0v) is 19.6. The van der Waals surface area contributed by atoms with Crippen LogP contribution in [0.2, 0.25) is 0 Å². The normalized spacial score (nSPS) is 40.0. The van der Waals surface area contributed by atoms with Gasteiger partial charge in [-0.25, -0.2) is 0 Å². The van der Waals surface area contributed by atoms with Gasteiger partial charge in [0.25, 0.3) is 0 Å². The fourth-order valence-electron chi connectivity index (χ4n) is 7.33. The van der Waals surface area contributed by atoms with E-state index in [1.54, 1.807) is 0 Å². The van der Waals surface area contributed by atoms with Crippen LogP contribution in [0.1, 0.15) is 64.9 Å². The Bertz CT molecular complexity index is 794. The minimum Gasteiger partial charge on any atom is -0.365 e. The summed E-state index contributed by atoms with van der Waals surface area (Å²) < 4.78 is 0. The van der Waals surface area contributed by atoms with Crippen molar-refractivity contribution in [2.45, 2.75) is 82.8 Å². The third-order valence-electron chi connectivity index (χ3n) is 8.62. The maximum absolute atomic E-state index is 6.44. The molecule has 5 aliphatic rings. The Morgan fingerprint density at radius 3 is 2.40 bits per heavy atom. The van der Waals surface area contributed by atoms with E-state index in [1.165, 1.54) is 29.8 Å². The number of nitrogens with two attached hydrogens (primary N) is 1. The Balaban J connectivity index is 1.49. The molecule has 6 rings (SSSR count). The molecule has 0 spiro atoms. The van der Waals surface area contributed by atoms with Crippen molar-refractivity contribution in [3.05, 3.63) is 35.9 Å². The lowest BCUT2D eigenvalue weighted by Crippen LogP contribution is -2.69. The fraction of sp³-hybridized carbons (Fsp3) is 0.720. The van der Waals surface area contributed by atoms with Crippen LogP contribution in [-0.2, 0) is 10.3 Å². The van der Waals surface area contributed by atoms with Crippen molar-refractivity contribution < 1.29 is 4.84 Å². The van der Waals surface area contributed by atoms with Crippen LogP contribution < -0.4 is 5.73 Å². The predicted molar refractivity (Wildman–Crippen MR) is 125 cm³/mol. The average molecular weight is 428 g/mol. The van der Waals surface area contributed by atoms with Crippen LogP contribution in [0.15, 0.2) is 30.3 Å². The highest BCUT2D eigenvalue weighted by molar-refractivity contribution is 7.80. The molecule has 4 nitrogen and oxygen atoms in total. The Labute approximate surface area is 187 Å². The summed E-state index contributed by atoms with van der Waals surface area (Å²) >= 11 is 6.34. The maximum atomic E-state index is 6.44. The van der Waals surface area contributed by atoms with Gasteiger partial charge in [-0.15, -0.1) is 0 Å². The minimum atomic E-state index is 0.110. The molecule has 30 heavy (non-hydrogen) atoms. The van der Waals surface area contributed by atoms with Crippen LogP contribution in [0.3, 0.4) is 0 Å². The summed E-state index contributed by atoms with van der Waals surface area (Å²) in [5.74, 6) is 0. The molecule has 0 amide bonds. The lowest BCUT2D eigenvalue weighted by molar-refractivity contribution is -0.276. The van der Waals surface area contributed by atoms with Gasteiger partial charge in [-0.05, 0) is 61.8 Å². The molecule has 2 unspecified atom stereocenters. The van der Waals surface area contributed by atoms with E-state index in [9.17, 15) is 0 Å². The van der Waals surface area contributed by atoms with Gasteiger partial charge in [0.05, 0.1) is 11.6 Å². The number of rotatable bonds is 4. The monoisotopic (exact) mass is 427 g/mol. The van der Waals surface area contributed by atoms with E-state index in [1.807, 2.05) is 0 Å². The molecule has 5 fully saturated rings. The molecule has 2 N–H and O–H groups in total. The fourth-order valence-corrected chi connectivity index (χ4v) is 7.73. The predicted octanol–water partition coefficient (Wildman–Crippen LogP) is 4.28. The Morgan fingerprint density at radius 1 is 1.13 bits per heavy atom. The van der Waals surface area contributed by atoms with Crippen LogP contribution >= 0.6 is 12.2 Å². The van der Waals surface area contributed by atoms with Gasteiger partial charge in [-0.1, -0.05) is 56.4 Å². The smallest absolute Gasteiger partial charge is 0.0843 e. The zero-order valence-electron chi connectivity index (χ0n) is 18.8. The van der Waals surface area contributed by atoms with Crippen molar-refractivity contribution in [3.8, 4) is 0 Å². The van der Waals surface area contributed by atoms with Gasteiger partial charge in [-0.2, -0.15) is 5.06 Å². The van der Waals surface area contributed by atoms with Crippen molar-refractivity contribution in [1.29, 1.82) is 0 Å². The summed E-state index contributed by atoms with van der Waals surface area (Å²) in [6.45, 7) is 9.45. The van der Waals surface area contributed by atoms with Gasteiger partial charge in [0, 0.05) is 36.6 Å². The molecular weight excluding hydrogens is 390 g/mol. The highest BCUT2D eigenvalue weighted by Crippen LogP contribution is 2.63. The van der Waals surface area contributed by atoms with E-state index in [-0.39, 0.29) is 22.3 Å². The number of benzene rings is 1. The molecule has 5 heteroatoms. The molecule has 0 aromatic heterocycles. The van der Waals surface area contributed by atoms with Crippen LogP contribution in [0.25, 0.3) is 0 Å². The summed E-state index contributed by atoms with van der Waals surface area (Å²) in [6.07, 6.45) is 6.88. The lowest BCUT2D eigenvalue weighted by Gasteiger charge is -2.66. The molecule has 1 aromatic carbocycles. The molecule has 3 heterocycles. The van der Waals surface area contributed by atoms with Gasteiger partial charge in [-0.3, -0.25) is 4.84 Å². The van der Waals surface area contributed by atoms with E-state index in [0.717, 1.165) is 39.0 Å². The van der Waals surface area contributed by atoms with Crippen molar-refractivity contribution in [1.82, 2.24) is 9.96 Å². The van der Waals surface area contributed by atoms with Gasteiger partial charge in [0.1, 0.15) is 0 Å². The van der Waals surface area contributed by atoms with Crippen LogP contribution in [-0.4, -0.2) is 52.8 Å². The van der Waals surface area contributed by atoms with Gasteiger partial charge < -0.3 is 10.6 Å². The quantitative estimate of drug-likeness (QED) is 0.727. The number of piperidine rings is 3. The number of hydroxylamine groups is 2. The second-order valence-corrected chi connectivity index (χ2v) is 11.5. The molecular formula is C25H37N3OS. The van der Waals surface area contributed by atoms with Crippen molar-refractivity contribution >= 4 is 17.2 Å². The molecule has 3 aliphatic heterocycles. The average Bonchev–Trinajstić information content (AvgIpc) is 2.72. The molecule has 3 saturated heterocycles. The second kappa shape index (κ2) is 7.26. The van der Waals surface area contributed by atoms with Gasteiger partial charge >= 0.3 is 0 Å². The number of hydrogen-bond acceptors (Lipinski definition) is 4. The molecule has 2 aliphatic carbocycles. The van der Waals surface area contributed by atoms with E-state index >= 15 is 0 Å². The summed E-state index contributed by atoms with van der Waals surface area (Å²) in [6, 6.07) is 12.4. The summed E-state index contributed by atoms with van der Waals surface area (Å²) in [4.78, 5) is 9.92. The highest BCUT2D eigenvalue weighted by Gasteiger charge is 2.63. The Kier molecular flexibility index (Phi) is 5.05. The third kappa shape index (κ3) is 3.16. The van der Waals surface area contributed by atoms with Crippen molar-refractivity contribution in [2.75, 3.05) is 19.7 Å². The standard InChI is InChI=1S/C25H37N3OS/c1-4-29-28-19-12-24(18-8-6-5-7-9-18)13-20(28)15-25(14-19,16-24)22(30)27-11-10-21(26)23(2,3)17-27/h5-9,19-21H,4,10-17,26H2,1-3H3/t19?,20?,21-,24?,25?/m0/s1. The van der Waals surface area contributed by atoms with Gasteiger partial charge in [0.15, 0.2) is 0 Å². The molecule has 1 aromatic rings.